The standard InChI is InChI=1S/C19H26F2N4O/c1-13(17-6-8-18(9-7-17)26-19(20)21)24-10-4-5-16(11-24)12-25-15(3)22-14(2)23-25/h6-9,13,16,19H,4-5,10-12H2,1-3H3. The summed E-state index contributed by atoms with van der Waals surface area (Å²) in [5.41, 5.74) is 1.11. The first-order valence-electron chi connectivity index (χ1n) is 9.09. The van der Waals surface area contributed by atoms with Crippen LogP contribution < -0.4 is 4.74 Å². The normalized spacial score (nSPS) is 19.7. The summed E-state index contributed by atoms with van der Waals surface area (Å²) in [6.07, 6.45) is 2.33. The minimum Gasteiger partial charge on any atom is -0.435 e. The molecule has 26 heavy (non-hydrogen) atoms. The Morgan fingerprint density at radius 3 is 2.58 bits per heavy atom. The Morgan fingerprint density at radius 2 is 1.96 bits per heavy atom. The molecule has 1 aliphatic heterocycles. The fourth-order valence-electron chi connectivity index (χ4n) is 3.72. The summed E-state index contributed by atoms with van der Waals surface area (Å²) in [4.78, 5) is 6.83. The molecule has 1 aliphatic rings. The smallest absolute Gasteiger partial charge is 0.387 e. The van der Waals surface area contributed by atoms with E-state index in [1.54, 1.807) is 12.1 Å². The summed E-state index contributed by atoms with van der Waals surface area (Å²) in [6.45, 7) is 6.21. The number of piperidine rings is 1. The first-order chi connectivity index (χ1) is 12.4. The molecule has 142 valence electrons. The largest absolute Gasteiger partial charge is 0.435 e. The second kappa shape index (κ2) is 8.12. The van der Waals surface area contributed by atoms with Gasteiger partial charge in [-0.1, -0.05) is 12.1 Å². The van der Waals surface area contributed by atoms with Crippen molar-refractivity contribution in [1.29, 1.82) is 0 Å². The van der Waals surface area contributed by atoms with Gasteiger partial charge in [0.1, 0.15) is 17.4 Å². The maximum absolute atomic E-state index is 12.3. The predicted octanol–water partition coefficient (Wildman–Crippen LogP) is 3.97. The van der Waals surface area contributed by atoms with Gasteiger partial charge in [0.25, 0.3) is 0 Å². The van der Waals surface area contributed by atoms with Gasteiger partial charge in [-0.3, -0.25) is 4.90 Å². The van der Waals surface area contributed by atoms with Gasteiger partial charge in [-0.25, -0.2) is 9.67 Å². The number of hydrogen-bond donors (Lipinski definition) is 0. The van der Waals surface area contributed by atoms with Crippen LogP contribution in [0.25, 0.3) is 0 Å². The molecular weight excluding hydrogens is 338 g/mol. The molecule has 2 heterocycles. The Balaban J connectivity index is 1.62. The molecule has 0 saturated carbocycles. The summed E-state index contributed by atoms with van der Waals surface area (Å²) >= 11 is 0. The van der Waals surface area contributed by atoms with Gasteiger partial charge in [-0.05, 0) is 63.8 Å². The van der Waals surface area contributed by atoms with Crippen LogP contribution in [-0.4, -0.2) is 39.4 Å². The first-order valence-corrected chi connectivity index (χ1v) is 9.09. The SMILES string of the molecule is Cc1nc(C)n(CC2CCCN(C(C)c3ccc(OC(F)F)cc3)C2)n1. The third-order valence-electron chi connectivity index (χ3n) is 5.08. The number of aryl methyl sites for hydroxylation is 2. The Hall–Kier alpha value is -2.02. The Kier molecular flexibility index (Phi) is 5.86. The molecule has 0 bridgehead atoms. The van der Waals surface area contributed by atoms with E-state index in [1.807, 2.05) is 30.7 Å². The van der Waals surface area contributed by atoms with Gasteiger partial charge in [0.15, 0.2) is 0 Å². The van der Waals surface area contributed by atoms with Crippen molar-refractivity contribution in [1.82, 2.24) is 19.7 Å². The van der Waals surface area contributed by atoms with Crippen molar-refractivity contribution in [3.05, 3.63) is 41.5 Å². The van der Waals surface area contributed by atoms with Gasteiger partial charge < -0.3 is 4.74 Å². The average molecular weight is 364 g/mol. The Labute approximate surface area is 153 Å². The molecule has 1 aromatic carbocycles. The van der Waals surface area contributed by atoms with E-state index in [9.17, 15) is 8.78 Å². The van der Waals surface area contributed by atoms with Crippen LogP contribution in [0.3, 0.4) is 0 Å². The van der Waals surface area contributed by atoms with Crippen LogP contribution in [0.15, 0.2) is 24.3 Å². The van der Waals surface area contributed by atoms with Crippen molar-refractivity contribution in [2.75, 3.05) is 13.1 Å². The Morgan fingerprint density at radius 1 is 1.23 bits per heavy atom. The zero-order valence-electron chi connectivity index (χ0n) is 15.5. The maximum Gasteiger partial charge on any atom is 0.387 e. The van der Waals surface area contributed by atoms with Crippen LogP contribution in [0.1, 0.15) is 43.0 Å². The molecule has 0 amide bonds. The number of halogens is 2. The van der Waals surface area contributed by atoms with Gasteiger partial charge in [0.2, 0.25) is 0 Å². The van der Waals surface area contributed by atoms with E-state index in [0.29, 0.717) is 5.92 Å². The van der Waals surface area contributed by atoms with Crippen molar-refractivity contribution in [3.8, 4) is 5.75 Å². The highest BCUT2D eigenvalue weighted by Gasteiger charge is 2.25. The number of aromatic nitrogens is 3. The van der Waals surface area contributed by atoms with Crippen LogP contribution in [0, 0.1) is 19.8 Å². The molecule has 7 heteroatoms. The lowest BCUT2D eigenvalue weighted by Gasteiger charge is -2.37. The lowest BCUT2D eigenvalue weighted by atomic mass is 9.95. The van der Waals surface area contributed by atoms with E-state index in [4.69, 9.17) is 0 Å². The monoisotopic (exact) mass is 364 g/mol. The molecule has 0 radical (unpaired) electrons. The van der Waals surface area contributed by atoms with Crippen molar-refractivity contribution in [2.45, 2.75) is 52.8 Å². The molecule has 1 saturated heterocycles. The molecule has 0 N–H and O–H groups in total. The van der Waals surface area contributed by atoms with Gasteiger partial charge in [0.05, 0.1) is 0 Å². The predicted molar refractivity (Wildman–Crippen MR) is 95.3 cm³/mol. The number of benzene rings is 1. The lowest BCUT2D eigenvalue weighted by molar-refractivity contribution is -0.0498. The number of hydrogen-bond acceptors (Lipinski definition) is 4. The second-order valence-electron chi connectivity index (χ2n) is 7.02. The van der Waals surface area contributed by atoms with Crippen LogP contribution in [0.2, 0.25) is 0 Å². The zero-order chi connectivity index (χ0) is 18.7. The van der Waals surface area contributed by atoms with Crippen molar-refractivity contribution in [3.63, 3.8) is 0 Å². The minimum absolute atomic E-state index is 0.199. The van der Waals surface area contributed by atoms with Crippen LogP contribution >= 0.6 is 0 Å². The fourth-order valence-corrected chi connectivity index (χ4v) is 3.72. The van der Waals surface area contributed by atoms with E-state index in [-0.39, 0.29) is 11.8 Å². The molecule has 2 unspecified atom stereocenters. The topological polar surface area (TPSA) is 43.2 Å². The number of ether oxygens (including phenoxy) is 1. The van der Waals surface area contributed by atoms with Gasteiger partial charge in [-0.2, -0.15) is 13.9 Å². The van der Waals surface area contributed by atoms with E-state index in [0.717, 1.165) is 43.3 Å². The van der Waals surface area contributed by atoms with Crippen LogP contribution in [0.5, 0.6) is 5.75 Å². The lowest BCUT2D eigenvalue weighted by Crippen LogP contribution is -2.38. The zero-order valence-corrected chi connectivity index (χ0v) is 15.5. The summed E-state index contributed by atoms with van der Waals surface area (Å²) in [5.74, 6) is 2.51. The second-order valence-corrected chi connectivity index (χ2v) is 7.02. The highest BCUT2D eigenvalue weighted by molar-refractivity contribution is 5.29. The number of nitrogens with zero attached hydrogens (tertiary/aromatic N) is 4. The molecule has 2 atom stereocenters. The molecule has 1 fully saturated rings. The molecule has 0 spiro atoms. The van der Waals surface area contributed by atoms with E-state index in [1.165, 1.54) is 6.42 Å². The first kappa shape index (κ1) is 18.8. The van der Waals surface area contributed by atoms with E-state index >= 15 is 0 Å². The summed E-state index contributed by atoms with van der Waals surface area (Å²) < 4.78 is 31.0. The molecule has 3 rings (SSSR count). The summed E-state index contributed by atoms with van der Waals surface area (Å²) in [5, 5.41) is 4.48. The van der Waals surface area contributed by atoms with Crippen LogP contribution in [0.4, 0.5) is 8.78 Å². The van der Waals surface area contributed by atoms with Crippen LogP contribution in [-0.2, 0) is 6.54 Å². The highest BCUT2D eigenvalue weighted by atomic mass is 19.3. The van der Waals surface area contributed by atoms with E-state index in [2.05, 4.69) is 26.6 Å². The third-order valence-corrected chi connectivity index (χ3v) is 5.08. The van der Waals surface area contributed by atoms with Gasteiger partial charge in [-0.15, -0.1) is 0 Å². The molecule has 2 aromatic rings. The molecule has 5 nitrogen and oxygen atoms in total. The van der Waals surface area contributed by atoms with Crippen molar-refractivity contribution in [2.24, 2.45) is 5.92 Å². The number of alkyl halides is 2. The summed E-state index contributed by atoms with van der Waals surface area (Å²) in [7, 11) is 0. The molecule has 1 aromatic heterocycles. The van der Waals surface area contributed by atoms with E-state index < -0.39 is 6.61 Å². The molecular formula is C19H26F2N4O. The van der Waals surface area contributed by atoms with Gasteiger partial charge in [0, 0.05) is 19.1 Å². The average Bonchev–Trinajstić information content (AvgIpc) is 2.92. The molecule has 0 aliphatic carbocycles. The summed E-state index contributed by atoms with van der Waals surface area (Å²) in [6, 6.07) is 7.20. The Bertz CT molecular complexity index is 717. The van der Waals surface area contributed by atoms with Crippen molar-refractivity contribution < 1.29 is 13.5 Å². The number of likely N-dealkylation sites (tertiary alicyclic amines) is 1. The van der Waals surface area contributed by atoms with Crippen molar-refractivity contribution >= 4 is 0 Å². The highest BCUT2D eigenvalue weighted by Crippen LogP contribution is 2.28. The minimum atomic E-state index is -2.79. The maximum atomic E-state index is 12.3. The number of rotatable bonds is 6. The fraction of sp³-hybridized carbons (Fsp3) is 0.579. The van der Waals surface area contributed by atoms with Gasteiger partial charge >= 0.3 is 6.61 Å². The quantitative estimate of drug-likeness (QED) is 0.778. The third kappa shape index (κ3) is 4.58.